The molecule has 3 nitrogen and oxygen atoms in total. The Labute approximate surface area is 117 Å². The second kappa shape index (κ2) is 11.9. The number of aliphatic hydroxyl groups excluding tert-OH is 1. The van der Waals surface area contributed by atoms with Crippen molar-refractivity contribution in [2.45, 2.75) is 78.1 Å². The first-order valence-corrected chi connectivity index (χ1v) is 7.49. The number of thiocarbonyl (C=S) groups is 1. The molecule has 2 atom stereocenters. The van der Waals surface area contributed by atoms with Gasteiger partial charge in [-0.2, -0.15) is 0 Å². The summed E-state index contributed by atoms with van der Waals surface area (Å²) in [6.45, 7) is 6.77. The normalized spacial score (nSPS) is 14.4. The monoisotopic (exact) mass is 276 g/mol. The smallest absolute Gasteiger partial charge is 0.156 e. The molecule has 0 aromatic rings. The van der Waals surface area contributed by atoms with Gasteiger partial charge in [0.15, 0.2) is 11.3 Å². The highest BCUT2D eigenvalue weighted by Gasteiger charge is 2.13. The van der Waals surface area contributed by atoms with Crippen LogP contribution in [0, 0.1) is 0 Å². The molecule has 0 radical (unpaired) electrons. The topological polar surface area (TPSA) is 38.7 Å². The molecule has 0 aromatic heterocycles. The quantitative estimate of drug-likeness (QED) is 0.326. The summed E-state index contributed by atoms with van der Waals surface area (Å²) in [5.74, 6) is 0. The number of hydrogen-bond donors (Lipinski definition) is 1. The Morgan fingerprint density at radius 1 is 1.17 bits per heavy atom. The summed E-state index contributed by atoms with van der Waals surface area (Å²) in [5.41, 5.74) is 0. The third kappa shape index (κ3) is 10.9. The van der Waals surface area contributed by atoms with E-state index in [1.807, 2.05) is 13.8 Å². The van der Waals surface area contributed by atoms with Crippen LogP contribution in [0.2, 0.25) is 0 Å². The second-order valence-electron chi connectivity index (χ2n) is 4.56. The fourth-order valence-corrected chi connectivity index (χ4v) is 2.07. The van der Waals surface area contributed by atoms with Gasteiger partial charge in [0.1, 0.15) is 0 Å². The number of rotatable bonds is 12. The van der Waals surface area contributed by atoms with Crippen molar-refractivity contribution in [3.63, 3.8) is 0 Å². The maximum Gasteiger partial charge on any atom is 0.156 e. The zero-order valence-corrected chi connectivity index (χ0v) is 12.8. The molecule has 1 N–H and O–H groups in total. The van der Waals surface area contributed by atoms with Crippen molar-refractivity contribution in [3.05, 3.63) is 0 Å². The SMILES string of the molecule is CCCCCC(CCCC(O)=S)OC(C)OCC. The molecule has 0 rings (SSSR count). The Bertz CT molecular complexity index is 209. The van der Waals surface area contributed by atoms with Crippen molar-refractivity contribution < 1.29 is 14.6 Å². The second-order valence-corrected chi connectivity index (χ2v) is 5.03. The van der Waals surface area contributed by atoms with Gasteiger partial charge in [0.05, 0.1) is 6.10 Å². The Morgan fingerprint density at radius 3 is 2.39 bits per heavy atom. The maximum absolute atomic E-state index is 9.01. The molecule has 0 bridgehead atoms. The van der Waals surface area contributed by atoms with Gasteiger partial charge >= 0.3 is 0 Å². The number of unbranched alkanes of at least 4 members (excludes halogenated alkanes) is 2. The maximum atomic E-state index is 9.01. The van der Waals surface area contributed by atoms with E-state index in [1.165, 1.54) is 19.3 Å². The lowest BCUT2D eigenvalue weighted by Gasteiger charge is -2.22. The average molecular weight is 276 g/mol. The average Bonchev–Trinajstić information content (AvgIpc) is 2.28. The summed E-state index contributed by atoms with van der Waals surface area (Å²) in [7, 11) is 0. The predicted octanol–water partition coefficient (Wildman–Crippen LogP) is 4.39. The van der Waals surface area contributed by atoms with E-state index in [-0.39, 0.29) is 17.4 Å². The molecule has 0 aliphatic rings. The molecule has 0 heterocycles. The van der Waals surface area contributed by atoms with Gasteiger partial charge in [-0.05, 0) is 45.3 Å². The highest BCUT2D eigenvalue weighted by atomic mass is 32.1. The van der Waals surface area contributed by atoms with Gasteiger partial charge in [-0.25, -0.2) is 0 Å². The van der Waals surface area contributed by atoms with Crippen molar-refractivity contribution in [2.24, 2.45) is 0 Å². The van der Waals surface area contributed by atoms with Gasteiger partial charge in [-0.3, -0.25) is 0 Å². The first-order valence-electron chi connectivity index (χ1n) is 7.09. The molecule has 0 fully saturated rings. The van der Waals surface area contributed by atoms with Crippen LogP contribution in [0.4, 0.5) is 0 Å². The standard InChI is InChI=1S/C14H28O3S/c1-4-6-7-9-13(10-8-11-14(15)18)17-12(3)16-5-2/h12-13H,4-11H2,1-3H3,(H,15,18). The molecule has 0 amide bonds. The summed E-state index contributed by atoms with van der Waals surface area (Å²) < 4.78 is 11.3. The summed E-state index contributed by atoms with van der Waals surface area (Å²) in [6.07, 6.45) is 7.16. The minimum absolute atomic E-state index is 0.0974. The van der Waals surface area contributed by atoms with Gasteiger partial charge in [0, 0.05) is 13.0 Å². The Kier molecular flexibility index (Phi) is 11.8. The number of aliphatic hydroxyl groups is 1. The van der Waals surface area contributed by atoms with Crippen LogP contribution in [0.5, 0.6) is 0 Å². The van der Waals surface area contributed by atoms with Gasteiger partial charge in [-0.1, -0.05) is 26.2 Å². The Balaban J connectivity index is 3.94. The van der Waals surface area contributed by atoms with Gasteiger partial charge < -0.3 is 14.6 Å². The van der Waals surface area contributed by atoms with Crippen LogP contribution in [0.15, 0.2) is 0 Å². The summed E-state index contributed by atoms with van der Waals surface area (Å²) in [6, 6.07) is 0. The molecule has 108 valence electrons. The van der Waals surface area contributed by atoms with Crippen molar-refractivity contribution in [2.75, 3.05) is 6.61 Å². The zero-order valence-electron chi connectivity index (χ0n) is 12.0. The third-order valence-electron chi connectivity index (χ3n) is 2.83. The molecular formula is C14H28O3S. The van der Waals surface area contributed by atoms with Gasteiger partial charge in [-0.15, -0.1) is 0 Å². The molecular weight excluding hydrogens is 248 g/mol. The minimum Gasteiger partial charge on any atom is -0.502 e. The lowest BCUT2D eigenvalue weighted by atomic mass is 10.1. The van der Waals surface area contributed by atoms with E-state index < -0.39 is 0 Å². The molecule has 0 saturated heterocycles. The molecule has 0 aromatic carbocycles. The fraction of sp³-hybridized carbons (Fsp3) is 0.929. The van der Waals surface area contributed by atoms with Crippen molar-refractivity contribution in [1.82, 2.24) is 0 Å². The van der Waals surface area contributed by atoms with Gasteiger partial charge in [0.2, 0.25) is 0 Å². The van der Waals surface area contributed by atoms with Crippen LogP contribution in [-0.2, 0) is 9.47 Å². The van der Waals surface area contributed by atoms with E-state index in [9.17, 15) is 0 Å². The first kappa shape index (κ1) is 17.8. The van der Waals surface area contributed by atoms with Crippen molar-refractivity contribution in [1.29, 1.82) is 0 Å². The predicted molar refractivity (Wildman–Crippen MR) is 79.2 cm³/mol. The van der Waals surface area contributed by atoms with E-state index in [2.05, 4.69) is 19.1 Å². The van der Waals surface area contributed by atoms with Crippen molar-refractivity contribution in [3.8, 4) is 0 Å². The number of hydrogen-bond acceptors (Lipinski definition) is 3. The Hall–Kier alpha value is -0.190. The third-order valence-corrected chi connectivity index (χ3v) is 3.04. The van der Waals surface area contributed by atoms with Crippen LogP contribution in [0.25, 0.3) is 0 Å². The largest absolute Gasteiger partial charge is 0.502 e. The summed E-state index contributed by atoms with van der Waals surface area (Å²) in [5, 5.41) is 9.11. The molecule has 18 heavy (non-hydrogen) atoms. The summed E-state index contributed by atoms with van der Waals surface area (Å²) in [4.78, 5) is 0. The molecule has 0 spiro atoms. The molecule has 2 unspecified atom stereocenters. The molecule has 0 aliphatic heterocycles. The fourth-order valence-electron chi connectivity index (χ4n) is 1.93. The zero-order chi connectivity index (χ0) is 13.8. The van der Waals surface area contributed by atoms with E-state index in [0.717, 1.165) is 19.3 Å². The highest BCUT2D eigenvalue weighted by Crippen LogP contribution is 2.16. The number of ether oxygens (including phenoxy) is 2. The molecule has 4 heteroatoms. The minimum atomic E-state index is -0.150. The van der Waals surface area contributed by atoms with E-state index in [4.69, 9.17) is 14.6 Å². The lowest BCUT2D eigenvalue weighted by molar-refractivity contribution is -0.160. The molecule has 0 aliphatic carbocycles. The molecule has 0 saturated carbocycles. The Morgan fingerprint density at radius 2 is 1.83 bits per heavy atom. The first-order chi connectivity index (χ1) is 8.60. The van der Waals surface area contributed by atoms with E-state index in [1.54, 1.807) is 0 Å². The van der Waals surface area contributed by atoms with Crippen molar-refractivity contribution >= 4 is 17.3 Å². The van der Waals surface area contributed by atoms with E-state index in [0.29, 0.717) is 13.0 Å². The summed E-state index contributed by atoms with van der Waals surface area (Å²) >= 11 is 4.67. The van der Waals surface area contributed by atoms with Crippen LogP contribution in [0.1, 0.15) is 65.7 Å². The van der Waals surface area contributed by atoms with Crippen LogP contribution in [-0.4, -0.2) is 29.2 Å². The lowest BCUT2D eigenvalue weighted by Crippen LogP contribution is -2.22. The highest BCUT2D eigenvalue weighted by molar-refractivity contribution is 7.80. The van der Waals surface area contributed by atoms with Crippen LogP contribution >= 0.6 is 12.2 Å². The van der Waals surface area contributed by atoms with Crippen LogP contribution < -0.4 is 0 Å². The van der Waals surface area contributed by atoms with Crippen LogP contribution in [0.3, 0.4) is 0 Å². The van der Waals surface area contributed by atoms with E-state index >= 15 is 0 Å². The van der Waals surface area contributed by atoms with Gasteiger partial charge in [0.25, 0.3) is 0 Å².